The molecule has 0 bridgehead atoms. The smallest absolute Gasteiger partial charge is 0.521 e. The molecule has 0 aliphatic carbocycles. The van der Waals surface area contributed by atoms with Gasteiger partial charge in [-0.25, -0.2) is 0 Å². The van der Waals surface area contributed by atoms with Crippen LogP contribution in [0, 0.1) is 6.58 Å². The van der Waals surface area contributed by atoms with Crippen molar-refractivity contribution in [3.8, 4) is 0 Å². The van der Waals surface area contributed by atoms with Crippen molar-refractivity contribution >= 4 is 9.53 Å². The zero-order valence-electron chi connectivity index (χ0n) is 6.51. The molecular formula is C5H12O3SiTi-. The first kappa shape index (κ1) is 16.9. The van der Waals surface area contributed by atoms with Crippen LogP contribution < -0.4 is 0 Å². The predicted octanol–water partition coefficient (Wildman–Crippen LogP) is 0.513. The molecule has 10 heavy (non-hydrogen) atoms. The number of hydrogen-bond donors (Lipinski definition) is 0. The summed E-state index contributed by atoms with van der Waals surface area (Å²) in [7, 11) is 3.31. The summed E-state index contributed by atoms with van der Waals surface area (Å²) in [5, 5.41) is 0. The summed E-state index contributed by atoms with van der Waals surface area (Å²) < 4.78 is 14.1. The summed E-state index contributed by atoms with van der Waals surface area (Å²) in [4.78, 5) is 0. The van der Waals surface area contributed by atoms with E-state index in [1.54, 1.807) is 21.3 Å². The fourth-order valence-electron chi connectivity index (χ4n) is 0.250. The van der Waals surface area contributed by atoms with E-state index >= 15 is 0 Å². The molecule has 0 aliphatic rings. The second kappa shape index (κ2) is 16.3. The van der Waals surface area contributed by atoms with Crippen molar-refractivity contribution < 1.29 is 35.0 Å². The minimum Gasteiger partial charge on any atom is -0.521 e. The van der Waals surface area contributed by atoms with Crippen LogP contribution in [0.5, 0.6) is 0 Å². The van der Waals surface area contributed by atoms with Gasteiger partial charge in [0.25, 0.3) is 0 Å². The van der Waals surface area contributed by atoms with Crippen molar-refractivity contribution in [1.29, 1.82) is 0 Å². The minimum absolute atomic E-state index is 0. The zero-order valence-corrected chi connectivity index (χ0v) is 9.07. The Balaban J connectivity index is -0.000000149. The van der Waals surface area contributed by atoms with E-state index < -0.39 is 9.53 Å². The van der Waals surface area contributed by atoms with Crippen LogP contribution in [0.1, 0.15) is 0 Å². The van der Waals surface area contributed by atoms with Crippen molar-refractivity contribution in [2.75, 3.05) is 21.3 Å². The second-order valence-corrected chi connectivity index (χ2v) is 2.59. The largest absolute Gasteiger partial charge is 0.576 e. The summed E-state index contributed by atoms with van der Waals surface area (Å²) in [6.07, 6.45) is 0. The first-order valence-corrected chi connectivity index (χ1v) is 3.47. The van der Waals surface area contributed by atoms with Crippen LogP contribution in [0.2, 0.25) is 0 Å². The van der Waals surface area contributed by atoms with Gasteiger partial charge in [-0.05, 0) is 0 Å². The molecule has 0 saturated carbocycles. The molecule has 0 unspecified atom stereocenters. The van der Waals surface area contributed by atoms with Gasteiger partial charge in [0.1, 0.15) is 0 Å². The van der Waals surface area contributed by atoms with Crippen molar-refractivity contribution in [3.63, 3.8) is 0 Å². The molecule has 0 N–H and O–H groups in total. The maximum Gasteiger partial charge on any atom is 0.576 e. The first-order valence-electron chi connectivity index (χ1n) is 2.25. The van der Waals surface area contributed by atoms with Gasteiger partial charge in [0.05, 0.1) is 0 Å². The monoisotopic (exact) mass is 196 g/mol. The van der Waals surface area contributed by atoms with Gasteiger partial charge in [-0.1, -0.05) is 0 Å². The molecule has 0 amide bonds. The Hall–Kier alpha value is 0.551. The van der Waals surface area contributed by atoms with Gasteiger partial charge in [-0.2, -0.15) is 0 Å². The van der Waals surface area contributed by atoms with E-state index in [9.17, 15) is 0 Å². The molecule has 0 saturated heterocycles. The standard InChI is InChI=1S/C3H9O3Si.C2H3.Ti/c1-4-7(5-2)6-3;1-2;/h1-3H3;1H,2H2;/q;-1;. The van der Waals surface area contributed by atoms with Gasteiger partial charge >= 0.3 is 9.53 Å². The molecule has 1 radical (unpaired) electrons. The van der Waals surface area contributed by atoms with Gasteiger partial charge < -0.3 is 19.9 Å². The third-order valence-electron chi connectivity index (χ3n) is 0.500. The molecule has 0 aromatic rings. The van der Waals surface area contributed by atoms with Crippen LogP contribution in [0.4, 0.5) is 0 Å². The molecule has 59 valence electrons. The molecule has 0 aliphatic heterocycles. The summed E-state index contributed by atoms with van der Waals surface area (Å²) in [6.45, 7) is 7.00. The molecular weight excluding hydrogens is 184 g/mol. The van der Waals surface area contributed by atoms with Crippen LogP contribution >= 0.6 is 0 Å². The summed E-state index contributed by atoms with van der Waals surface area (Å²) in [5.41, 5.74) is 0. The quantitative estimate of drug-likeness (QED) is 0.486. The Morgan fingerprint density at radius 2 is 1.20 bits per heavy atom. The Morgan fingerprint density at radius 1 is 1.00 bits per heavy atom. The van der Waals surface area contributed by atoms with Crippen molar-refractivity contribution in [1.82, 2.24) is 0 Å². The molecule has 0 spiro atoms. The third-order valence-corrected chi connectivity index (χ3v) is 1.50. The van der Waals surface area contributed by atoms with Crippen molar-refractivity contribution in [2.45, 2.75) is 0 Å². The van der Waals surface area contributed by atoms with E-state index in [2.05, 4.69) is 13.2 Å². The second-order valence-electron chi connectivity index (χ2n) is 0.862. The molecule has 0 rings (SSSR count). The summed E-state index contributed by atoms with van der Waals surface area (Å²) in [5.74, 6) is 0. The van der Waals surface area contributed by atoms with Crippen molar-refractivity contribution in [2.24, 2.45) is 0 Å². The first-order chi connectivity index (χ1) is 4.35. The maximum atomic E-state index is 4.71. The molecule has 0 aromatic heterocycles. The van der Waals surface area contributed by atoms with Crippen LogP contribution in [0.25, 0.3) is 0 Å². The van der Waals surface area contributed by atoms with Gasteiger partial charge in [0.15, 0.2) is 0 Å². The van der Waals surface area contributed by atoms with Gasteiger partial charge in [-0.15, -0.1) is 0 Å². The normalized spacial score (nSPS) is 7.60. The molecule has 0 heterocycles. The fraction of sp³-hybridized carbons (Fsp3) is 0.600. The van der Waals surface area contributed by atoms with E-state index in [-0.39, 0.29) is 21.7 Å². The SMILES string of the molecule is CO[Si](OC)OC.[CH-]=C.[Ti]. The average Bonchev–Trinajstić information content (AvgIpc) is 1.96. The number of hydrogen-bond acceptors (Lipinski definition) is 3. The number of rotatable bonds is 3. The molecule has 0 aromatic carbocycles. The average molecular weight is 196 g/mol. The minimum atomic E-state index is -1.36. The van der Waals surface area contributed by atoms with Gasteiger partial charge in [0.2, 0.25) is 0 Å². The van der Waals surface area contributed by atoms with Crippen LogP contribution in [0.15, 0.2) is 6.58 Å². The van der Waals surface area contributed by atoms with E-state index in [4.69, 9.17) is 13.3 Å². The molecule has 0 fully saturated rings. The van der Waals surface area contributed by atoms with E-state index in [1.807, 2.05) is 0 Å². The third kappa shape index (κ3) is 11.4. The molecule has 3 nitrogen and oxygen atoms in total. The van der Waals surface area contributed by atoms with Gasteiger partial charge in [0, 0.05) is 43.0 Å². The fourth-order valence-corrected chi connectivity index (χ4v) is 0.750. The summed E-state index contributed by atoms with van der Waals surface area (Å²) in [6, 6.07) is 0. The van der Waals surface area contributed by atoms with E-state index in [0.29, 0.717) is 0 Å². The summed E-state index contributed by atoms with van der Waals surface area (Å²) >= 11 is 0. The Labute approximate surface area is 79.2 Å². The van der Waals surface area contributed by atoms with Crippen LogP contribution in [0.3, 0.4) is 0 Å². The van der Waals surface area contributed by atoms with E-state index in [0.717, 1.165) is 0 Å². The topological polar surface area (TPSA) is 27.7 Å². The Morgan fingerprint density at radius 3 is 1.20 bits per heavy atom. The maximum absolute atomic E-state index is 4.71. The Kier molecular flexibility index (Phi) is 27.5. The van der Waals surface area contributed by atoms with E-state index in [1.165, 1.54) is 0 Å². The van der Waals surface area contributed by atoms with Crippen molar-refractivity contribution in [3.05, 3.63) is 13.2 Å². The van der Waals surface area contributed by atoms with Crippen LogP contribution in [-0.4, -0.2) is 30.9 Å². The predicted molar refractivity (Wildman–Crippen MR) is 36.7 cm³/mol. The molecule has 5 heteroatoms. The van der Waals surface area contributed by atoms with Crippen LogP contribution in [-0.2, 0) is 35.0 Å². The zero-order chi connectivity index (χ0) is 7.70. The van der Waals surface area contributed by atoms with Gasteiger partial charge in [-0.3, -0.25) is 6.58 Å². The molecule has 0 atom stereocenters. The Bertz CT molecular complexity index is 46.6.